The zero-order valence-electron chi connectivity index (χ0n) is 9.88. The van der Waals surface area contributed by atoms with Crippen molar-refractivity contribution in [2.75, 3.05) is 5.32 Å². The van der Waals surface area contributed by atoms with Gasteiger partial charge in [-0.25, -0.2) is 4.98 Å². The molecule has 0 bridgehead atoms. The average molecular weight is 285 g/mol. The van der Waals surface area contributed by atoms with Crippen LogP contribution in [0.4, 0.5) is 5.82 Å². The largest absolute Gasteiger partial charge is 0.310 e. The van der Waals surface area contributed by atoms with Crippen LogP contribution in [0, 0.1) is 12.8 Å². The Balaban J connectivity index is 2.73. The molecular weight excluding hydrogens is 268 g/mol. The molecule has 1 aromatic rings. The Labute approximate surface area is 105 Å². The summed E-state index contributed by atoms with van der Waals surface area (Å²) >= 11 is 3.38. The highest BCUT2D eigenvalue weighted by Gasteiger charge is 2.14. The molecule has 4 heteroatoms. The number of aryl methyl sites for hydroxylation is 1. The van der Waals surface area contributed by atoms with Crippen LogP contribution in [0.15, 0.2) is 16.7 Å². The molecule has 0 spiro atoms. The van der Waals surface area contributed by atoms with E-state index in [4.69, 9.17) is 0 Å². The van der Waals surface area contributed by atoms with Gasteiger partial charge in [-0.1, -0.05) is 13.8 Å². The Morgan fingerprint density at radius 1 is 1.50 bits per heavy atom. The third-order valence-corrected chi connectivity index (χ3v) is 3.48. The Hall–Kier alpha value is -0.900. The van der Waals surface area contributed by atoms with E-state index in [0.29, 0.717) is 5.82 Å². The maximum atomic E-state index is 11.8. The van der Waals surface area contributed by atoms with E-state index in [9.17, 15) is 4.79 Å². The summed E-state index contributed by atoms with van der Waals surface area (Å²) in [5.74, 6) is 0.752. The van der Waals surface area contributed by atoms with Gasteiger partial charge >= 0.3 is 0 Å². The van der Waals surface area contributed by atoms with Crippen LogP contribution in [0.2, 0.25) is 0 Å². The zero-order chi connectivity index (χ0) is 12.1. The fraction of sp³-hybridized carbons (Fsp3) is 0.500. The second kappa shape index (κ2) is 5.99. The first-order valence-electron chi connectivity index (χ1n) is 5.51. The van der Waals surface area contributed by atoms with Crippen molar-refractivity contribution in [1.29, 1.82) is 0 Å². The van der Waals surface area contributed by atoms with Gasteiger partial charge in [-0.2, -0.15) is 0 Å². The normalized spacial score (nSPS) is 10.6. The van der Waals surface area contributed by atoms with E-state index in [1.165, 1.54) is 0 Å². The van der Waals surface area contributed by atoms with E-state index in [1.54, 1.807) is 6.20 Å². The van der Waals surface area contributed by atoms with Crippen LogP contribution >= 0.6 is 15.9 Å². The Kier molecular flexibility index (Phi) is 4.93. The number of carbonyl (C=O) groups is 1. The molecule has 0 fully saturated rings. The van der Waals surface area contributed by atoms with Gasteiger partial charge in [0.15, 0.2) is 0 Å². The highest BCUT2D eigenvalue weighted by molar-refractivity contribution is 9.10. The topological polar surface area (TPSA) is 42.0 Å². The van der Waals surface area contributed by atoms with Crippen molar-refractivity contribution < 1.29 is 4.79 Å². The van der Waals surface area contributed by atoms with E-state index in [0.717, 1.165) is 22.9 Å². The third-order valence-electron chi connectivity index (χ3n) is 2.65. The number of halogens is 1. The van der Waals surface area contributed by atoms with Crippen LogP contribution in [0.3, 0.4) is 0 Å². The standard InChI is InChI=1S/C12H17BrN2O/c1-4-9(5-2)12(16)15-11-6-8(3)10(13)7-14-11/h6-7,9H,4-5H2,1-3H3,(H,14,15,16). The fourth-order valence-corrected chi connectivity index (χ4v) is 1.71. The van der Waals surface area contributed by atoms with Gasteiger partial charge in [-0.3, -0.25) is 4.79 Å². The second-order valence-corrected chi connectivity index (χ2v) is 4.68. The Morgan fingerprint density at radius 2 is 2.12 bits per heavy atom. The van der Waals surface area contributed by atoms with E-state index in [1.807, 2.05) is 26.8 Å². The van der Waals surface area contributed by atoms with Crippen LogP contribution < -0.4 is 5.32 Å². The molecule has 0 radical (unpaired) electrons. The molecule has 0 aliphatic heterocycles. The minimum atomic E-state index is 0.0548. The Morgan fingerprint density at radius 3 is 2.62 bits per heavy atom. The summed E-state index contributed by atoms with van der Waals surface area (Å²) in [6, 6.07) is 1.87. The van der Waals surface area contributed by atoms with E-state index < -0.39 is 0 Å². The predicted molar refractivity (Wildman–Crippen MR) is 69.4 cm³/mol. The van der Waals surface area contributed by atoms with Crippen LogP contribution in [0.25, 0.3) is 0 Å². The number of nitrogens with one attached hydrogen (secondary N) is 1. The number of carbonyl (C=O) groups excluding carboxylic acids is 1. The lowest BCUT2D eigenvalue weighted by Crippen LogP contribution is -2.22. The molecule has 1 heterocycles. The second-order valence-electron chi connectivity index (χ2n) is 3.82. The fourth-order valence-electron chi connectivity index (χ4n) is 1.50. The number of nitrogens with zero attached hydrogens (tertiary/aromatic N) is 1. The summed E-state index contributed by atoms with van der Waals surface area (Å²) in [6.07, 6.45) is 3.42. The molecule has 0 saturated carbocycles. The van der Waals surface area contributed by atoms with Gasteiger partial charge in [-0.05, 0) is 47.3 Å². The molecule has 1 N–H and O–H groups in total. The average Bonchev–Trinajstić information content (AvgIpc) is 2.25. The monoisotopic (exact) mass is 284 g/mol. The molecule has 0 aliphatic carbocycles. The molecule has 1 aromatic heterocycles. The maximum absolute atomic E-state index is 11.8. The molecule has 16 heavy (non-hydrogen) atoms. The van der Waals surface area contributed by atoms with Gasteiger partial charge in [0.05, 0.1) is 0 Å². The first-order valence-corrected chi connectivity index (χ1v) is 6.30. The molecule has 1 rings (SSSR count). The lowest BCUT2D eigenvalue weighted by Gasteiger charge is -2.12. The molecule has 3 nitrogen and oxygen atoms in total. The quantitative estimate of drug-likeness (QED) is 0.919. The molecule has 0 saturated heterocycles. The number of anilines is 1. The van der Waals surface area contributed by atoms with Crippen molar-refractivity contribution in [3.05, 3.63) is 22.3 Å². The summed E-state index contributed by atoms with van der Waals surface area (Å²) in [4.78, 5) is 16.0. The zero-order valence-corrected chi connectivity index (χ0v) is 11.5. The number of hydrogen-bond donors (Lipinski definition) is 1. The molecule has 0 aliphatic rings. The lowest BCUT2D eigenvalue weighted by molar-refractivity contribution is -0.120. The predicted octanol–water partition coefficient (Wildman–Crippen LogP) is 3.53. The smallest absolute Gasteiger partial charge is 0.228 e. The highest BCUT2D eigenvalue weighted by atomic mass is 79.9. The van der Waals surface area contributed by atoms with Gasteiger partial charge in [0.1, 0.15) is 5.82 Å². The van der Waals surface area contributed by atoms with Crippen molar-refractivity contribution in [3.8, 4) is 0 Å². The summed E-state index contributed by atoms with van der Waals surface area (Å²) in [7, 11) is 0. The van der Waals surface area contributed by atoms with Crippen LogP contribution in [0.1, 0.15) is 32.3 Å². The van der Waals surface area contributed by atoms with E-state index >= 15 is 0 Å². The van der Waals surface area contributed by atoms with Gasteiger partial charge < -0.3 is 5.32 Å². The van der Waals surface area contributed by atoms with Crippen molar-refractivity contribution in [1.82, 2.24) is 4.98 Å². The molecule has 0 unspecified atom stereocenters. The van der Waals surface area contributed by atoms with Crippen molar-refractivity contribution in [3.63, 3.8) is 0 Å². The first-order chi connectivity index (χ1) is 7.58. The molecule has 0 aromatic carbocycles. The molecule has 88 valence electrons. The third kappa shape index (κ3) is 3.30. The SMILES string of the molecule is CCC(CC)C(=O)Nc1cc(C)c(Br)cn1. The lowest BCUT2D eigenvalue weighted by atomic mass is 10.0. The maximum Gasteiger partial charge on any atom is 0.228 e. The summed E-state index contributed by atoms with van der Waals surface area (Å²) in [6.45, 7) is 6.01. The van der Waals surface area contributed by atoms with Crippen molar-refractivity contribution in [2.45, 2.75) is 33.6 Å². The van der Waals surface area contributed by atoms with Crippen LogP contribution in [-0.4, -0.2) is 10.9 Å². The minimum Gasteiger partial charge on any atom is -0.310 e. The van der Waals surface area contributed by atoms with Crippen LogP contribution in [-0.2, 0) is 4.79 Å². The highest BCUT2D eigenvalue weighted by Crippen LogP contribution is 2.18. The molecular formula is C12H17BrN2O. The summed E-state index contributed by atoms with van der Waals surface area (Å²) < 4.78 is 0.952. The van der Waals surface area contributed by atoms with E-state index in [-0.39, 0.29) is 11.8 Å². The molecule has 0 atom stereocenters. The van der Waals surface area contributed by atoms with Crippen molar-refractivity contribution >= 4 is 27.7 Å². The number of pyridine rings is 1. The first kappa shape index (κ1) is 13.2. The number of aromatic nitrogens is 1. The van der Waals surface area contributed by atoms with Gasteiger partial charge in [-0.15, -0.1) is 0 Å². The van der Waals surface area contributed by atoms with Gasteiger partial charge in [0, 0.05) is 16.6 Å². The number of amides is 1. The molecule has 1 amide bonds. The Bertz CT molecular complexity index is 375. The van der Waals surface area contributed by atoms with E-state index in [2.05, 4.69) is 26.2 Å². The summed E-state index contributed by atoms with van der Waals surface area (Å²) in [5.41, 5.74) is 1.06. The number of hydrogen-bond acceptors (Lipinski definition) is 2. The van der Waals surface area contributed by atoms with Crippen LogP contribution in [0.5, 0.6) is 0 Å². The van der Waals surface area contributed by atoms with Gasteiger partial charge in [0.2, 0.25) is 5.91 Å². The van der Waals surface area contributed by atoms with Gasteiger partial charge in [0.25, 0.3) is 0 Å². The summed E-state index contributed by atoms with van der Waals surface area (Å²) in [5, 5.41) is 2.84. The van der Waals surface area contributed by atoms with Crippen molar-refractivity contribution in [2.24, 2.45) is 5.92 Å². The minimum absolute atomic E-state index is 0.0548. The number of rotatable bonds is 4.